The van der Waals surface area contributed by atoms with Crippen molar-refractivity contribution < 1.29 is 18.3 Å². The summed E-state index contributed by atoms with van der Waals surface area (Å²) < 4.78 is 36.2. The van der Waals surface area contributed by atoms with Crippen molar-refractivity contribution in [3.8, 4) is 5.75 Å². The normalized spacial score (nSPS) is 13.0. The van der Waals surface area contributed by atoms with Gasteiger partial charge in [-0.15, -0.1) is 12.4 Å². The van der Waals surface area contributed by atoms with Crippen LogP contribution < -0.4 is 5.73 Å². The molecule has 1 aromatic rings. The van der Waals surface area contributed by atoms with Gasteiger partial charge in [0.15, 0.2) is 0 Å². The Morgan fingerprint density at radius 2 is 1.67 bits per heavy atom. The third-order valence-electron chi connectivity index (χ3n) is 2.68. The van der Waals surface area contributed by atoms with Crippen LogP contribution in [0.15, 0.2) is 12.1 Å². The summed E-state index contributed by atoms with van der Waals surface area (Å²) in [6, 6.07) is 2.60. The lowest BCUT2D eigenvalue weighted by atomic mass is 9.98. The van der Waals surface area contributed by atoms with Crippen molar-refractivity contribution in [1.82, 2.24) is 0 Å². The highest BCUT2D eigenvalue weighted by Crippen LogP contribution is 2.30. The molecule has 0 bridgehead atoms. The first-order valence-corrected chi connectivity index (χ1v) is 5.33. The van der Waals surface area contributed by atoms with E-state index in [1.807, 2.05) is 0 Å². The predicted octanol–water partition coefficient (Wildman–Crippen LogP) is 3.77. The summed E-state index contributed by atoms with van der Waals surface area (Å²) in [5.41, 5.74) is 7.59. The molecule has 0 radical (unpaired) electrons. The second kappa shape index (κ2) is 6.29. The van der Waals surface area contributed by atoms with Gasteiger partial charge in [-0.2, -0.15) is 13.2 Å². The van der Waals surface area contributed by atoms with E-state index in [1.54, 1.807) is 26.0 Å². The van der Waals surface area contributed by atoms with Gasteiger partial charge in [0.25, 0.3) is 0 Å². The zero-order valence-corrected chi connectivity index (χ0v) is 11.0. The van der Waals surface area contributed by atoms with E-state index in [9.17, 15) is 18.3 Å². The Labute approximate surface area is 110 Å². The van der Waals surface area contributed by atoms with Crippen molar-refractivity contribution in [2.24, 2.45) is 5.73 Å². The van der Waals surface area contributed by atoms with Crippen molar-refractivity contribution in [2.75, 3.05) is 0 Å². The van der Waals surface area contributed by atoms with E-state index in [4.69, 9.17) is 5.73 Å². The molecule has 0 aliphatic carbocycles. The number of phenols is 1. The molecule has 0 fully saturated rings. The maximum atomic E-state index is 12.1. The van der Waals surface area contributed by atoms with Gasteiger partial charge in [-0.25, -0.2) is 0 Å². The van der Waals surface area contributed by atoms with E-state index in [0.717, 1.165) is 0 Å². The van der Waals surface area contributed by atoms with Gasteiger partial charge in [0.1, 0.15) is 5.75 Å². The molecule has 1 rings (SSSR count). The monoisotopic (exact) mass is 283 g/mol. The first-order chi connectivity index (χ1) is 7.70. The van der Waals surface area contributed by atoms with Gasteiger partial charge in [-0.1, -0.05) is 12.1 Å². The lowest BCUT2D eigenvalue weighted by Gasteiger charge is -2.15. The molecule has 1 aromatic carbocycles. The van der Waals surface area contributed by atoms with Crippen LogP contribution in [0.1, 0.15) is 35.6 Å². The second-order valence-electron chi connectivity index (χ2n) is 4.26. The fourth-order valence-corrected chi connectivity index (χ4v) is 1.69. The van der Waals surface area contributed by atoms with Crippen LogP contribution in [0.3, 0.4) is 0 Å². The lowest BCUT2D eigenvalue weighted by Crippen LogP contribution is -2.16. The Bertz CT molecular complexity index is 384. The average molecular weight is 284 g/mol. The van der Waals surface area contributed by atoms with Crippen LogP contribution in [-0.4, -0.2) is 11.3 Å². The van der Waals surface area contributed by atoms with E-state index >= 15 is 0 Å². The molecule has 1 atom stereocenters. The number of aromatic hydroxyl groups is 1. The molecular formula is C12H17ClF3NO. The Hall–Kier alpha value is -0.940. The molecular weight excluding hydrogens is 267 g/mol. The number of aryl methyl sites for hydroxylation is 2. The quantitative estimate of drug-likeness (QED) is 0.887. The zero-order valence-electron chi connectivity index (χ0n) is 10.2. The topological polar surface area (TPSA) is 46.2 Å². The number of halogens is 4. The largest absolute Gasteiger partial charge is 0.507 e. The van der Waals surface area contributed by atoms with Crippen molar-refractivity contribution in [1.29, 1.82) is 0 Å². The number of phenolic OH excluding ortho intramolecular Hbond substituents is 1. The highest BCUT2D eigenvalue weighted by Gasteiger charge is 2.27. The van der Waals surface area contributed by atoms with Crippen molar-refractivity contribution >= 4 is 12.4 Å². The molecule has 0 aliphatic heterocycles. The second-order valence-corrected chi connectivity index (χ2v) is 4.26. The van der Waals surface area contributed by atoms with Crippen LogP contribution in [0, 0.1) is 13.8 Å². The first-order valence-electron chi connectivity index (χ1n) is 5.33. The summed E-state index contributed by atoms with van der Waals surface area (Å²) in [7, 11) is 0. The highest BCUT2D eigenvalue weighted by atomic mass is 35.5. The number of rotatable bonds is 3. The molecule has 0 saturated carbocycles. The van der Waals surface area contributed by atoms with Gasteiger partial charge in [0, 0.05) is 12.5 Å². The number of benzene rings is 1. The van der Waals surface area contributed by atoms with Gasteiger partial charge >= 0.3 is 6.18 Å². The van der Waals surface area contributed by atoms with Gasteiger partial charge in [0.05, 0.1) is 0 Å². The molecule has 3 N–H and O–H groups in total. The van der Waals surface area contributed by atoms with Crippen LogP contribution >= 0.6 is 12.4 Å². The third-order valence-corrected chi connectivity index (χ3v) is 2.68. The van der Waals surface area contributed by atoms with E-state index in [-0.39, 0.29) is 24.6 Å². The maximum Gasteiger partial charge on any atom is 0.389 e. The van der Waals surface area contributed by atoms with Gasteiger partial charge in [-0.3, -0.25) is 0 Å². The molecule has 0 aliphatic rings. The summed E-state index contributed by atoms with van der Waals surface area (Å²) in [5, 5.41) is 9.55. The molecule has 0 amide bonds. The Balaban J connectivity index is 0.00000289. The van der Waals surface area contributed by atoms with Gasteiger partial charge in [-0.05, 0) is 37.0 Å². The summed E-state index contributed by atoms with van der Waals surface area (Å²) in [4.78, 5) is 0. The lowest BCUT2D eigenvalue weighted by molar-refractivity contribution is -0.136. The van der Waals surface area contributed by atoms with E-state index in [2.05, 4.69) is 0 Å². The Kier molecular flexibility index (Phi) is 5.96. The van der Waals surface area contributed by atoms with Crippen LogP contribution in [0.5, 0.6) is 5.75 Å². The maximum absolute atomic E-state index is 12.1. The average Bonchev–Trinajstić information content (AvgIpc) is 2.20. The minimum Gasteiger partial charge on any atom is -0.507 e. The fraction of sp³-hybridized carbons (Fsp3) is 0.500. The smallest absolute Gasteiger partial charge is 0.389 e. The van der Waals surface area contributed by atoms with E-state index in [1.165, 1.54) is 0 Å². The van der Waals surface area contributed by atoms with Gasteiger partial charge < -0.3 is 10.8 Å². The molecule has 0 heterocycles. The summed E-state index contributed by atoms with van der Waals surface area (Å²) in [5.74, 6) is 0.164. The van der Waals surface area contributed by atoms with Gasteiger partial charge in [0.2, 0.25) is 0 Å². The van der Waals surface area contributed by atoms with Crippen LogP contribution in [0.25, 0.3) is 0 Å². The van der Waals surface area contributed by atoms with Crippen molar-refractivity contribution in [2.45, 2.75) is 38.9 Å². The molecule has 0 spiro atoms. The Morgan fingerprint density at radius 3 is 2.06 bits per heavy atom. The fourth-order valence-electron chi connectivity index (χ4n) is 1.69. The number of nitrogens with two attached hydrogens (primary N) is 1. The molecule has 0 unspecified atom stereocenters. The summed E-state index contributed by atoms with van der Waals surface area (Å²) in [6.45, 7) is 3.39. The molecule has 6 heteroatoms. The SMILES string of the molecule is Cc1cc([C@@H](N)CCC(F)(F)F)cc(C)c1O.Cl. The summed E-state index contributed by atoms with van der Waals surface area (Å²) >= 11 is 0. The molecule has 0 aromatic heterocycles. The first kappa shape index (κ1) is 17.1. The van der Waals surface area contributed by atoms with E-state index in [0.29, 0.717) is 16.7 Å². The van der Waals surface area contributed by atoms with E-state index < -0.39 is 18.6 Å². The predicted molar refractivity (Wildman–Crippen MR) is 67.0 cm³/mol. The highest BCUT2D eigenvalue weighted by molar-refractivity contribution is 5.85. The van der Waals surface area contributed by atoms with Crippen molar-refractivity contribution in [3.05, 3.63) is 28.8 Å². The molecule has 18 heavy (non-hydrogen) atoms. The molecule has 2 nitrogen and oxygen atoms in total. The molecule has 104 valence electrons. The molecule has 0 saturated heterocycles. The summed E-state index contributed by atoms with van der Waals surface area (Å²) in [6.07, 6.45) is -5.22. The minimum atomic E-state index is -4.18. The van der Waals surface area contributed by atoms with Crippen LogP contribution in [-0.2, 0) is 0 Å². The Morgan fingerprint density at radius 1 is 1.22 bits per heavy atom. The van der Waals surface area contributed by atoms with Crippen LogP contribution in [0.4, 0.5) is 13.2 Å². The third kappa shape index (κ3) is 4.74. The zero-order chi connectivity index (χ0) is 13.2. The minimum absolute atomic E-state index is 0. The van der Waals surface area contributed by atoms with Crippen LogP contribution in [0.2, 0.25) is 0 Å². The van der Waals surface area contributed by atoms with Crippen molar-refractivity contribution in [3.63, 3.8) is 0 Å². The number of alkyl halides is 3. The number of hydrogen-bond acceptors (Lipinski definition) is 2. The standard InChI is InChI=1S/C12H16F3NO.ClH/c1-7-5-9(6-8(2)11(7)17)10(16)3-4-12(13,14)15;/h5-6,10,17H,3-4,16H2,1-2H3;1H/t10-;/m0./s1. The number of hydrogen-bond donors (Lipinski definition) is 2.